The minimum atomic E-state index is -4.04. The molecule has 37 heavy (non-hydrogen) atoms. The Morgan fingerprint density at radius 2 is 1.68 bits per heavy atom. The molecule has 190 valence electrons. The van der Waals surface area contributed by atoms with E-state index >= 15 is 0 Å². The van der Waals surface area contributed by atoms with Crippen molar-refractivity contribution in [2.75, 3.05) is 10.8 Å². The van der Waals surface area contributed by atoms with Crippen LogP contribution in [-0.2, 0) is 14.8 Å². The second kappa shape index (κ2) is 11.0. The molecule has 7 nitrogen and oxygen atoms in total. The molecule has 3 aromatic carbocycles. The third kappa shape index (κ3) is 5.93. The lowest BCUT2D eigenvalue weighted by molar-refractivity contribution is -0.119. The van der Waals surface area contributed by atoms with Crippen LogP contribution in [-0.4, -0.2) is 31.7 Å². The number of carbonyl (C=O) groups is 1. The number of hydrogen-bond acceptors (Lipinski definition) is 4. The zero-order valence-electron chi connectivity index (χ0n) is 20.7. The van der Waals surface area contributed by atoms with Crippen molar-refractivity contribution in [2.24, 2.45) is 5.10 Å². The third-order valence-electron chi connectivity index (χ3n) is 5.87. The number of halogens is 1. The molecular formula is C28H27ClN4O3S. The van der Waals surface area contributed by atoms with Gasteiger partial charge in [0.15, 0.2) is 0 Å². The summed E-state index contributed by atoms with van der Waals surface area (Å²) in [4.78, 5) is 12.9. The van der Waals surface area contributed by atoms with Crippen LogP contribution in [0.1, 0.15) is 22.5 Å². The number of hydrazone groups is 1. The standard InChI is InChI=1S/C28H27ClN4O3S/c1-20-12-14-27(15-13-20)37(35,36)32(26-11-7-8-24(29)17-26)19-28(34)31-30-18-23-16-21(2)33(22(23)3)25-9-5-4-6-10-25/h4-18H,19H2,1-3H3,(H,31,34)/b30-18-. The summed E-state index contributed by atoms with van der Waals surface area (Å²) >= 11 is 6.12. The first-order valence-corrected chi connectivity index (χ1v) is 13.4. The fourth-order valence-corrected chi connectivity index (χ4v) is 5.61. The molecule has 4 aromatic rings. The summed E-state index contributed by atoms with van der Waals surface area (Å²) < 4.78 is 30.1. The molecule has 1 N–H and O–H groups in total. The van der Waals surface area contributed by atoms with Crippen molar-refractivity contribution < 1.29 is 13.2 Å². The van der Waals surface area contributed by atoms with Gasteiger partial charge in [0.05, 0.1) is 16.8 Å². The molecule has 0 bridgehead atoms. The van der Waals surface area contributed by atoms with E-state index in [1.54, 1.807) is 36.5 Å². The smallest absolute Gasteiger partial charge is 0.264 e. The predicted molar refractivity (Wildman–Crippen MR) is 148 cm³/mol. The third-order valence-corrected chi connectivity index (χ3v) is 7.89. The highest BCUT2D eigenvalue weighted by Gasteiger charge is 2.27. The first kappa shape index (κ1) is 26.2. The maximum Gasteiger partial charge on any atom is 0.264 e. The van der Waals surface area contributed by atoms with Gasteiger partial charge in [-0.05, 0) is 69.3 Å². The minimum Gasteiger partial charge on any atom is -0.318 e. The Morgan fingerprint density at radius 3 is 2.35 bits per heavy atom. The number of aryl methyl sites for hydroxylation is 2. The predicted octanol–water partition coefficient (Wildman–Crippen LogP) is 5.40. The van der Waals surface area contributed by atoms with Gasteiger partial charge in [-0.25, -0.2) is 13.8 Å². The number of nitrogens with one attached hydrogen (secondary N) is 1. The van der Waals surface area contributed by atoms with Crippen LogP contribution in [0.5, 0.6) is 0 Å². The van der Waals surface area contributed by atoms with E-state index in [1.165, 1.54) is 18.2 Å². The van der Waals surface area contributed by atoms with Gasteiger partial charge in [-0.3, -0.25) is 9.10 Å². The molecule has 0 spiro atoms. The van der Waals surface area contributed by atoms with Crippen molar-refractivity contribution >= 4 is 39.4 Å². The van der Waals surface area contributed by atoms with Crippen molar-refractivity contribution in [2.45, 2.75) is 25.7 Å². The fraction of sp³-hybridized carbons (Fsp3) is 0.143. The van der Waals surface area contributed by atoms with Gasteiger partial charge in [0.2, 0.25) is 0 Å². The molecule has 0 fully saturated rings. The summed E-state index contributed by atoms with van der Waals surface area (Å²) in [6.07, 6.45) is 1.55. The maximum absolute atomic E-state index is 13.5. The summed E-state index contributed by atoms with van der Waals surface area (Å²) in [5.41, 5.74) is 7.50. The number of benzene rings is 3. The molecule has 9 heteroatoms. The highest BCUT2D eigenvalue weighted by atomic mass is 35.5. The van der Waals surface area contributed by atoms with Gasteiger partial charge in [-0.1, -0.05) is 53.6 Å². The molecular weight excluding hydrogens is 508 g/mol. The van der Waals surface area contributed by atoms with Crippen LogP contribution in [0, 0.1) is 20.8 Å². The Labute approximate surface area is 222 Å². The van der Waals surface area contributed by atoms with Crippen molar-refractivity contribution in [3.8, 4) is 5.69 Å². The Hall–Kier alpha value is -3.88. The highest BCUT2D eigenvalue weighted by molar-refractivity contribution is 7.92. The lowest BCUT2D eigenvalue weighted by Crippen LogP contribution is -2.39. The molecule has 1 amide bonds. The van der Waals surface area contributed by atoms with E-state index < -0.39 is 22.5 Å². The quantitative estimate of drug-likeness (QED) is 0.242. The van der Waals surface area contributed by atoms with E-state index in [2.05, 4.69) is 15.1 Å². The number of aromatic nitrogens is 1. The number of nitrogens with zero attached hydrogens (tertiary/aromatic N) is 3. The summed E-state index contributed by atoms with van der Waals surface area (Å²) in [5.74, 6) is -0.594. The summed E-state index contributed by atoms with van der Waals surface area (Å²) in [5, 5.41) is 4.45. The summed E-state index contributed by atoms with van der Waals surface area (Å²) in [6.45, 7) is 5.36. The van der Waals surface area contributed by atoms with Gasteiger partial charge < -0.3 is 4.57 Å². The number of para-hydroxylation sites is 1. The number of anilines is 1. The van der Waals surface area contributed by atoms with Gasteiger partial charge in [0.1, 0.15) is 6.54 Å². The number of carbonyl (C=O) groups excluding carboxylic acids is 1. The van der Waals surface area contributed by atoms with Crippen molar-refractivity contribution in [1.82, 2.24) is 9.99 Å². The molecule has 0 radical (unpaired) electrons. The van der Waals surface area contributed by atoms with Crippen LogP contribution >= 0.6 is 11.6 Å². The summed E-state index contributed by atoms with van der Waals surface area (Å²) in [6, 6.07) is 24.7. The molecule has 4 rings (SSSR count). The maximum atomic E-state index is 13.5. The minimum absolute atomic E-state index is 0.0720. The van der Waals surface area contributed by atoms with Crippen LogP contribution < -0.4 is 9.73 Å². The lowest BCUT2D eigenvalue weighted by Gasteiger charge is -2.24. The number of rotatable bonds is 8. The lowest BCUT2D eigenvalue weighted by atomic mass is 10.2. The summed E-state index contributed by atoms with van der Waals surface area (Å²) in [7, 11) is -4.04. The van der Waals surface area contributed by atoms with Gasteiger partial charge >= 0.3 is 0 Å². The van der Waals surface area contributed by atoms with Crippen LogP contribution in [0.15, 0.2) is 94.9 Å². The Kier molecular flexibility index (Phi) is 7.80. The van der Waals surface area contributed by atoms with Gasteiger partial charge in [0, 0.05) is 27.7 Å². The van der Waals surface area contributed by atoms with E-state index in [1.807, 2.05) is 57.2 Å². The zero-order valence-corrected chi connectivity index (χ0v) is 22.3. The van der Waals surface area contributed by atoms with Crippen molar-refractivity contribution in [3.05, 3.63) is 112 Å². The first-order valence-electron chi connectivity index (χ1n) is 11.6. The SMILES string of the molecule is Cc1ccc(S(=O)(=O)N(CC(=O)N/N=C\c2cc(C)n(-c3ccccc3)c2C)c2cccc(Cl)c2)cc1. The molecule has 0 aliphatic rings. The number of hydrogen-bond donors (Lipinski definition) is 1. The van der Waals surface area contributed by atoms with Crippen LogP contribution in [0.25, 0.3) is 5.69 Å². The van der Waals surface area contributed by atoms with E-state index in [4.69, 9.17) is 11.6 Å². The molecule has 0 aliphatic heterocycles. The molecule has 0 unspecified atom stereocenters. The van der Waals surface area contributed by atoms with E-state index in [9.17, 15) is 13.2 Å². The average Bonchev–Trinajstić information content (AvgIpc) is 3.15. The zero-order chi connectivity index (χ0) is 26.6. The highest BCUT2D eigenvalue weighted by Crippen LogP contribution is 2.26. The average molecular weight is 535 g/mol. The van der Waals surface area contributed by atoms with E-state index in [0.29, 0.717) is 5.02 Å². The van der Waals surface area contributed by atoms with Crippen LogP contribution in [0.3, 0.4) is 0 Å². The molecule has 1 heterocycles. The molecule has 0 atom stereocenters. The Balaban J connectivity index is 1.55. The van der Waals surface area contributed by atoms with E-state index in [0.717, 1.165) is 32.5 Å². The van der Waals surface area contributed by atoms with Crippen molar-refractivity contribution in [1.29, 1.82) is 0 Å². The fourth-order valence-electron chi connectivity index (χ4n) is 4.02. The van der Waals surface area contributed by atoms with Crippen LogP contribution in [0.4, 0.5) is 5.69 Å². The van der Waals surface area contributed by atoms with Crippen molar-refractivity contribution in [3.63, 3.8) is 0 Å². The molecule has 1 aromatic heterocycles. The second-order valence-electron chi connectivity index (χ2n) is 8.60. The Bertz CT molecular complexity index is 1550. The van der Waals surface area contributed by atoms with E-state index in [-0.39, 0.29) is 10.6 Å². The second-order valence-corrected chi connectivity index (χ2v) is 10.9. The molecule has 0 aliphatic carbocycles. The van der Waals surface area contributed by atoms with Gasteiger partial charge in [-0.2, -0.15) is 5.10 Å². The Morgan fingerprint density at radius 1 is 0.973 bits per heavy atom. The van der Waals surface area contributed by atoms with Crippen LogP contribution in [0.2, 0.25) is 5.02 Å². The monoisotopic (exact) mass is 534 g/mol. The first-order chi connectivity index (χ1) is 17.7. The topological polar surface area (TPSA) is 83.8 Å². The number of amides is 1. The van der Waals surface area contributed by atoms with Gasteiger partial charge in [0.25, 0.3) is 15.9 Å². The normalized spacial score (nSPS) is 11.6. The number of sulfonamides is 1. The largest absolute Gasteiger partial charge is 0.318 e. The van der Waals surface area contributed by atoms with Gasteiger partial charge in [-0.15, -0.1) is 0 Å². The molecule has 0 saturated carbocycles. The molecule has 0 saturated heterocycles.